The molecule has 0 radical (unpaired) electrons. The van der Waals surface area contributed by atoms with E-state index in [0.29, 0.717) is 23.5 Å². The molecule has 0 aliphatic carbocycles. The third-order valence-electron chi connectivity index (χ3n) is 4.51. The summed E-state index contributed by atoms with van der Waals surface area (Å²) in [5.41, 5.74) is 4.40. The number of anilines is 1. The van der Waals surface area contributed by atoms with E-state index in [4.69, 9.17) is 0 Å². The summed E-state index contributed by atoms with van der Waals surface area (Å²) in [6.45, 7) is 7.87. The van der Waals surface area contributed by atoms with E-state index in [0.717, 1.165) is 21.6 Å². The molecule has 0 aliphatic heterocycles. The van der Waals surface area contributed by atoms with E-state index >= 15 is 0 Å². The standard InChI is InChI=1S/C19H21BrFN5O/c1-11-18(20)13(3)26(23-11)10-17(27)22-19-12(2)24-25(14(19)4)9-15-7-5-6-8-16(15)21/h5-8H,9-10H2,1-4H3,(H,22,27). The highest BCUT2D eigenvalue weighted by Crippen LogP contribution is 2.22. The van der Waals surface area contributed by atoms with Crippen LogP contribution in [0.4, 0.5) is 10.1 Å². The highest BCUT2D eigenvalue weighted by Gasteiger charge is 2.17. The molecule has 0 fully saturated rings. The summed E-state index contributed by atoms with van der Waals surface area (Å²) in [6, 6.07) is 6.60. The van der Waals surface area contributed by atoms with Crippen molar-refractivity contribution in [3.05, 3.63) is 62.9 Å². The van der Waals surface area contributed by atoms with Crippen molar-refractivity contribution in [1.82, 2.24) is 19.6 Å². The first-order valence-electron chi connectivity index (χ1n) is 8.54. The molecule has 1 amide bonds. The van der Waals surface area contributed by atoms with Crippen molar-refractivity contribution in [3.8, 4) is 0 Å². The maximum absolute atomic E-state index is 13.9. The number of hydrogen-bond donors (Lipinski definition) is 1. The Morgan fingerprint density at radius 2 is 1.74 bits per heavy atom. The Morgan fingerprint density at radius 3 is 2.37 bits per heavy atom. The van der Waals surface area contributed by atoms with Gasteiger partial charge in [0.25, 0.3) is 0 Å². The topological polar surface area (TPSA) is 64.7 Å². The number of hydrogen-bond acceptors (Lipinski definition) is 3. The molecule has 0 saturated heterocycles. The molecule has 0 spiro atoms. The van der Waals surface area contributed by atoms with Gasteiger partial charge in [-0.1, -0.05) is 18.2 Å². The van der Waals surface area contributed by atoms with Crippen molar-refractivity contribution < 1.29 is 9.18 Å². The zero-order valence-electron chi connectivity index (χ0n) is 15.7. The summed E-state index contributed by atoms with van der Waals surface area (Å²) < 4.78 is 18.2. The molecule has 0 bridgehead atoms. The normalized spacial score (nSPS) is 11.0. The first-order valence-corrected chi connectivity index (χ1v) is 9.34. The fourth-order valence-electron chi connectivity index (χ4n) is 2.96. The largest absolute Gasteiger partial charge is 0.321 e. The van der Waals surface area contributed by atoms with Crippen molar-refractivity contribution in [2.75, 3.05) is 5.32 Å². The molecule has 2 heterocycles. The van der Waals surface area contributed by atoms with Crippen molar-refractivity contribution in [3.63, 3.8) is 0 Å². The van der Waals surface area contributed by atoms with Crippen LogP contribution in [0.15, 0.2) is 28.7 Å². The van der Waals surface area contributed by atoms with Gasteiger partial charge in [0.1, 0.15) is 12.4 Å². The summed E-state index contributed by atoms with van der Waals surface area (Å²) in [7, 11) is 0. The summed E-state index contributed by atoms with van der Waals surface area (Å²) >= 11 is 3.46. The Balaban J connectivity index is 1.77. The van der Waals surface area contributed by atoms with E-state index in [1.165, 1.54) is 6.07 Å². The van der Waals surface area contributed by atoms with Crippen LogP contribution in [-0.4, -0.2) is 25.5 Å². The monoisotopic (exact) mass is 433 g/mol. The number of halogens is 2. The molecular weight excluding hydrogens is 413 g/mol. The number of amides is 1. The highest BCUT2D eigenvalue weighted by atomic mass is 79.9. The van der Waals surface area contributed by atoms with Gasteiger partial charge in [0, 0.05) is 5.56 Å². The molecule has 3 aromatic rings. The third kappa shape index (κ3) is 3.95. The summed E-state index contributed by atoms with van der Waals surface area (Å²) in [5.74, 6) is -0.463. The predicted molar refractivity (Wildman–Crippen MR) is 105 cm³/mol. The van der Waals surface area contributed by atoms with Gasteiger partial charge in [-0.2, -0.15) is 10.2 Å². The number of nitrogens with zero attached hydrogens (tertiary/aromatic N) is 4. The minimum atomic E-state index is -0.272. The third-order valence-corrected chi connectivity index (χ3v) is 5.66. The van der Waals surface area contributed by atoms with Gasteiger partial charge < -0.3 is 5.32 Å². The number of carbonyl (C=O) groups is 1. The van der Waals surface area contributed by atoms with Gasteiger partial charge in [-0.25, -0.2) is 4.39 Å². The minimum Gasteiger partial charge on any atom is -0.321 e. The Hall–Kier alpha value is -2.48. The van der Waals surface area contributed by atoms with Crippen LogP contribution < -0.4 is 5.32 Å². The van der Waals surface area contributed by atoms with Crippen LogP contribution in [0.3, 0.4) is 0 Å². The number of aryl methyl sites for hydroxylation is 2. The number of rotatable bonds is 5. The number of carbonyl (C=O) groups excluding carboxylic acids is 1. The molecule has 0 atom stereocenters. The fourth-order valence-corrected chi connectivity index (χ4v) is 3.25. The van der Waals surface area contributed by atoms with Gasteiger partial charge in [0.05, 0.1) is 39.5 Å². The SMILES string of the molecule is Cc1nn(CC(=O)Nc2c(C)nn(Cc3ccccc3F)c2C)c(C)c1Br. The molecule has 0 saturated carbocycles. The quantitative estimate of drug-likeness (QED) is 0.663. The van der Waals surface area contributed by atoms with Gasteiger partial charge in [-0.3, -0.25) is 14.2 Å². The van der Waals surface area contributed by atoms with E-state index in [9.17, 15) is 9.18 Å². The van der Waals surface area contributed by atoms with Gasteiger partial charge in [0.2, 0.25) is 5.91 Å². The van der Waals surface area contributed by atoms with E-state index in [1.807, 2.05) is 27.7 Å². The first-order chi connectivity index (χ1) is 12.8. The zero-order chi connectivity index (χ0) is 19.7. The summed E-state index contributed by atoms with van der Waals surface area (Å²) in [6.07, 6.45) is 0. The van der Waals surface area contributed by atoms with Crippen LogP contribution in [-0.2, 0) is 17.9 Å². The van der Waals surface area contributed by atoms with Crippen LogP contribution in [0.1, 0.15) is 28.3 Å². The van der Waals surface area contributed by atoms with Gasteiger partial charge in [-0.15, -0.1) is 0 Å². The van der Waals surface area contributed by atoms with Gasteiger partial charge in [0.15, 0.2) is 0 Å². The lowest BCUT2D eigenvalue weighted by molar-refractivity contribution is -0.116. The average Bonchev–Trinajstić information content (AvgIpc) is 3.01. The lowest BCUT2D eigenvalue weighted by Gasteiger charge is -2.09. The summed E-state index contributed by atoms with van der Waals surface area (Å²) in [5, 5.41) is 11.7. The zero-order valence-corrected chi connectivity index (χ0v) is 17.3. The number of nitrogens with one attached hydrogen (secondary N) is 1. The molecule has 6 nitrogen and oxygen atoms in total. The molecule has 1 N–H and O–H groups in total. The molecule has 8 heteroatoms. The molecule has 3 rings (SSSR count). The van der Waals surface area contributed by atoms with E-state index in [-0.39, 0.29) is 18.3 Å². The van der Waals surface area contributed by atoms with Gasteiger partial charge >= 0.3 is 0 Å². The Bertz CT molecular complexity index is 1010. The second-order valence-corrected chi connectivity index (χ2v) is 7.28. The van der Waals surface area contributed by atoms with Crippen LogP contribution in [0.5, 0.6) is 0 Å². The molecule has 1 aromatic carbocycles. The number of aromatic nitrogens is 4. The molecule has 2 aromatic heterocycles. The van der Waals surface area contributed by atoms with Crippen LogP contribution in [0.2, 0.25) is 0 Å². The van der Waals surface area contributed by atoms with Crippen molar-refractivity contribution >= 4 is 27.5 Å². The first kappa shape index (κ1) is 19.3. The van der Waals surface area contributed by atoms with E-state index < -0.39 is 0 Å². The van der Waals surface area contributed by atoms with Crippen molar-refractivity contribution in [1.29, 1.82) is 0 Å². The fraction of sp³-hybridized carbons (Fsp3) is 0.316. The maximum Gasteiger partial charge on any atom is 0.246 e. The van der Waals surface area contributed by atoms with Gasteiger partial charge in [-0.05, 0) is 49.7 Å². The van der Waals surface area contributed by atoms with Crippen LogP contribution in [0, 0.1) is 33.5 Å². The Kier molecular flexibility index (Phi) is 5.46. The molecule has 0 aliphatic rings. The van der Waals surface area contributed by atoms with Crippen LogP contribution >= 0.6 is 15.9 Å². The minimum absolute atomic E-state index is 0.107. The second-order valence-electron chi connectivity index (χ2n) is 6.49. The van der Waals surface area contributed by atoms with Crippen molar-refractivity contribution in [2.45, 2.75) is 40.8 Å². The smallest absolute Gasteiger partial charge is 0.246 e. The molecule has 27 heavy (non-hydrogen) atoms. The predicted octanol–water partition coefficient (Wildman–Crippen LogP) is 3.90. The van der Waals surface area contributed by atoms with E-state index in [2.05, 4.69) is 31.4 Å². The highest BCUT2D eigenvalue weighted by molar-refractivity contribution is 9.10. The summed E-state index contributed by atoms with van der Waals surface area (Å²) in [4.78, 5) is 12.5. The van der Waals surface area contributed by atoms with Crippen LogP contribution in [0.25, 0.3) is 0 Å². The Labute approximate surface area is 165 Å². The van der Waals surface area contributed by atoms with E-state index in [1.54, 1.807) is 27.6 Å². The lowest BCUT2D eigenvalue weighted by Crippen LogP contribution is -2.21. The lowest BCUT2D eigenvalue weighted by atomic mass is 10.2. The second kappa shape index (κ2) is 7.64. The maximum atomic E-state index is 13.9. The number of benzene rings is 1. The molecule has 142 valence electrons. The van der Waals surface area contributed by atoms with Crippen molar-refractivity contribution in [2.24, 2.45) is 0 Å². The Morgan fingerprint density at radius 1 is 1.07 bits per heavy atom. The molecular formula is C19H21BrFN5O. The average molecular weight is 434 g/mol. The molecule has 0 unspecified atom stereocenters.